The molecular weight excluding hydrogens is 315 g/mol. The molecule has 1 atom stereocenters. The second-order valence-corrected chi connectivity index (χ2v) is 8.03. The second-order valence-electron chi connectivity index (χ2n) is 5.30. The monoisotopic (exact) mass is 328 g/mol. The van der Waals surface area contributed by atoms with Crippen molar-refractivity contribution in [3.63, 3.8) is 0 Å². The van der Waals surface area contributed by atoms with Crippen LogP contribution in [0.1, 0.15) is 26.3 Å². The van der Waals surface area contributed by atoms with Gasteiger partial charge in [0.25, 0.3) is 0 Å². The van der Waals surface area contributed by atoms with Crippen LogP contribution in [0, 0.1) is 0 Å². The van der Waals surface area contributed by atoms with Crippen molar-refractivity contribution < 1.29 is 4.21 Å². The summed E-state index contributed by atoms with van der Waals surface area (Å²) in [6, 6.07) is 7.20. The van der Waals surface area contributed by atoms with Gasteiger partial charge in [-0.25, -0.2) is 9.19 Å². The summed E-state index contributed by atoms with van der Waals surface area (Å²) in [4.78, 5) is 4.27. The van der Waals surface area contributed by atoms with E-state index >= 15 is 0 Å². The van der Waals surface area contributed by atoms with Crippen molar-refractivity contribution in [1.29, 1.82) is 0 Å². The molecule has 0 aliphatic heterocycles. The third kappa shape index (κ3) is 3.57. The minimum absolute atomic E-state index is 0.328. The molecule has 0 unspecified atom stereocenters. The van der Waals surface area contributed by atoms with Crippen LogP contribution in [0.4, 0.5) is 0 Å². The number of nitrogens with zero attached hydrogens (tertiary/aromatic N) is 2. The van der Waals surface area contributed by atoms with Gasteiger partial charge in [-0.2, -0.15) is 4.40 Å². The number of aromatic nitrogens is 1. The molecule has 6 heteroatoms. The van der Waals surface area contributed by atoms with Crippen LogP contribution in [0.25, 0.3) is 10.9 Å². The van der Waals surface area contributed by atoms with E-state index < -0.39 is 15.7 Å². The molecule has 2 aromatic rings. The third-order valence-corrected chi connectivity index (χ3v) is 4.45. The Bertz CT molecular complexity index is 708. The maximum Gasteiger partial charge on any atom is 0.144 e. The minimum atomic E-state index is -1.33. The number of hydrogen-bond acceptors (Lipinski definition) is 2. The van der Waals surface area contributed by atoms with Crippen LogP contribution in [-0.4, -0.2) is 20.2 Å². The molecule has 1 aromatic carbocycles. The predicted molar refractivity (Wildman–Crippen MR) is 87.3 cm³/mol. The molecule has 0 aliphatic carbocycles. The zero-order valence-electron chi connectivity index (χ0n) is 11.4. The van der Waals surface area contributed by atoms with Crippen LogP contribution in [0.2, 0.25) is 10.2 Å². The Morgan fingerprint density at radius 3 is 2.60 bits per heavy atom. The number of hydrogen-bond donors (Lipinski definition) is 0. The highest BCUT2D eigenvalue weighted by Crippen LogP contribution is 2.23. The molecule has 0 saturated carbocycles. The molecule has 1 heterocycles. The largest absolute Gasteiger partial charge is 0.235 e. The molecule has 1 aromatic heterocycles. The summed E-state index contributed by atoms with van der Waals surface area (Å²) in [6.45, 7) is 5.58. The topological polar surface area (TPSA) is 42.3 Å². The fourth-order valence-electron chi connectivity index (χ4n) is 1.49. The number of fused-ring (bicyclic) bond motifs is 1. The summed E-state index contributed by atoms with van der Waals surface area (Å²) >= 11 is 12.1. The standard InChI is InChI=1S/C14H14Cl2N2OS/c1-14(2,3)20(19)17-8-10-6-9-7-11(15)4-5-12(9)18-13(10)16/h4-8H,1-3H3/b17-8+/t20-/m0/s1. The molecule has 0 radical (unpaired) electrons. The maximum atomic E-state index is 11.9. The minimum Gasteiger partial charge on any atom is -0.235 e. The third-order valence-electron chi connectivity index (χ3n) is 2.57. The molecule has 106 valence electrons. The number of halogens is 2. The molecule has 20 heavy (non-hydrogen) atoms. The van der Waals surface area contributed by atoms with Gasteiger partial charge >= 0.3 is 0 Å². The van der Waals surface area contributed by atoms with E-state index in [1.807, 2.05) is 26.8 Å². The Labute approximate surface area is 130 Å². The van der Waals surface area contributed by atoms with Crippen molar-refractivity contribution in [2.45, 2.75) is 25.5 Å². The predicted octanol–water partition coefficient (Wildman–Crippen LogP) is 4.42. The van der Waals surface area contributed by atoms with E-state index in [4.69, 9.17) is 23.2 Å². The van der Waals surface area contributed by atoms with E-state index in [1.165, 1.54) is 6.21 Å². The molecule has 0 amide bonds. The van der Waals surface area contributed by atoms with Gasteiger partial charge in [0.05, 0.1) is 10.3 Å². The summed E-state index contributed by atoms with van der Waals surface area (Å²) < 4.78 is 15.5. The average Bonchev–Trinajstić information content (AvgIpc) is 2.35. The highest BCUT2D eigenvalue weighted by Gasteiger charge is 2.18. The SMILES string of the molecule is CC(C)(C)[S@](=O)/N=C/c1cc2cc(Cl)ccc2nc1Cl. The first-order chi connectivity index (χ1) is 9.27. The van der Waals surface area contributed by atoms with Crippen molar-refractivity contribution in [3.05, 3.63) is 40.0 Å². The Kier molecular flexibility index (Phi) is 4.47. The molecule has 0 N–H and O–H groups in total. The first kappa shape index (κ1) is 15.4. The Morgan fingerprint density at radius 1 is 1.25 bits per heavy atom. The highest BCUT2D eigenvalue weighted by atomic mass is 35.5. The summed E-state index contributed by atoms with van der Waals surface area (Å²) in [5, 5.41) is 1.82. The smallest absolute Gasteiger partial charge is 0.144 e. The highest BCUT2D eigenvalue weighted by molar-refractivity contribution is 7.85. The lowest BCUT2D eigenvalue weighted by Crippen LogP contribution is -2.19. The van der Waals surface area contributed by atoms with Crippen LogP contribution >= 0.6 is 23.2 Å². The zero-order chi connectivity index (χ0) is 14.9. The Balaban J connectivity index is 2.42. The fourth-order valence-corrected chi connectivity index (χ4v) is 2.39. The van der Waals surface area contributed by atoms with E-state index in [0.717, 1.165) is 10.9 Å². The lowest BCUT2D eigenvalue weighted by Gasteiger charge is -2.12. The molecule has 0 fully saturated rings. The molecule has 0 saturated heterocycles. The van der Waals surface area contributed by atoms with Crippen molar-refractivity contribution in [3.8, 4) is 0 Å². The van der Waals surface area contributed by atoms with Crippen molar-refractivity contribution in [1.82, 2.24) is 4.98 Å². The van der Waals surface area contributed by atoms with Crippen molar-refractivity contribution >= 4 is 51.3 Å². The van der Waals surface area contributed by atoms with Crippen LogP contribution < -0.4 is 0 Å². The normalized spacial score (nSPS) is 14.1. The van der Waals surface area contributed by atoms with E-state index in [1.54, 1.807) is 18.2 Å². The first-order valence-electron chi connectivity index (χ1n) is 5.99. The average molecular weight is 329 g/mol. The van der Waals surface area contributed by atoms with Gasteiger partial charge in [0.15, 0.2) is 0 Å². The first-order valence-corrected chi connectivity index (χ1v) is 7.85. The molecule has 0 bridgehead atoms. The molecule has 3 nitrogen and oxygen atoms in total. The lowest BCUT2D eigenvalue weighted by atomic mass is 10.2. The molecule has 0 aliphatic rings. The van der Waals surface area contributed by atoms with Gasteiger partial charge in [-0.15, -0.1) is 0 Å². The Hall–Kier alpha value is -0.970. The lowest BCUT2D eigenvalue weighted by molar-refractivity contribution is 0.651. The van der Waals surface area contributed by atoms with Gasteiger partial charge < -0.3 is 0 Å². The Morgan fingerprint density at radius 2 is 1.95 bits per heavy atom. The second kappa shape index (κ2) is 5.80. The van der Waals surface area contributed by atoms with Gasteiger partial charge in [-0.1, -0.05) is 23.2 Å². The fraction of sp³-hybridized carbons (Fsp3) is 0.286. The van der Waals surface area contributed by atoms with Crippen LogP contribution in [0.3, 0.4) is 0 Å². The number of rotatable bonds is 2. The van der Waals surface area contributed by atoms with Gasteiger partial charge in [0.1, 0.15) is 16.1 Å². The van der Waals surface area contributed by atoms with Crippen LogP contribution in [0.5, 0.6) is 0 Å². The van der Waals surface area contributed by atoms with Gasteiger partial charge in [0.2, 0.25) is 0 Å². The summed E-state index contributed by atoms with van der Waals surface area (Å²) in [7, 11) is -1.33. The van der Waals surface area contributed by atoms with Crippen LogP contribution in [-0.2, 0) is 11.0 Å². The van der Waals surface area contributed by atoms with E-state index in [2.05, 4.69) is 9.38 Å². The number of benzene rings is 1. The van der Waals surface area contributed by atoms with E-state index in [-0.39, 0.29) is 0 Å². The molecular formula is C14H14Cl2N2OS. The molecule has 0 spiro atoms. The van der Waals surface area contributed by atoms with Gasteiger partial charge in [-0.3, -0.25) is 0 Å². The maximum absolute atomic E-state index is 11.9. The van der Waals surface area contributed by atoms with Crippen LogP contribution in [0.15, 0.2) is 28.7 Å². The summed E-state index contributed by atoms with van der Waals surface area (Å²) in [5.74, 6) is 0. The van der Waals surface area contributed by atoms with E-state index in [9.17, 15) is 4.21 Å². The quantitative estimate of drug-likeness (QED) is 0.604. The summed E-state index contributed by atoms with van der Waals surface area (Å²) in [5.41, 5.74) is 1.38. The van der Waals surface area contributed by atoms with Gasteiger partial charge in [0, 0.05) is 22.2 Å². The molecule has 2 rings (SSSR count). The zero-order valence-corrected chi connectivity index (χ0v) is 13.7. The van der Waals surface area contributed by atoms with Crippen molar-refractivity contribution in [2.75, 3.05) is 0 Å². The number of pyridine rings is 1. The van der Waals surface area contributed by atoms with E-state index in [0.29, 0.717) is 15.7 Å². The van der Waals surface area contributed by atoms with Crippen molar-refractivity contribution in [2.24, 2.45) is 4.40 Å². The van der Waals surface area contributed by atoms with Gasteiger partial charge in [-0.05, 0) is 45.0 Å². The summed E-state index contributed by atoms with van der Waals surface area (Å²) in [6.07, 6.45) is 1.50.